The molecule has 1 atom stereocenters. The van der Waals surface area contributed by atoms with Crippen LogP contribution in [0.5, 0.6) is 5.75 Å². The van der Waals surface area contributed by atoms with Crippen LogP contribution in [0.1, 0.15) is 29.7 Å². The topological polar surface area (TPSA) is 81.1 Å². The molecule has 2 heterocycles. The monoisotopic (exact) mass is 497 g/mol. The standard InChI is InChI=1S/C28H27N5O2S/c1-18-9-11-21(12-10-18)25-24(26(34)30-22-13-15-23(35-3)16-14-22)19(2)29-27-31-28(32-33(25)27)36-17-20-7-5-4-6-8-20/h4-16,25H,17H2,1-3H3,(H,30,34)(H,29,31,32)/t25-/m0/s1. The normalized spacial score (nSPS) is 14.7. The summed E-state index contributed by atoms with van der Waals surface area (Å²) in [5.41, 5.74) is 5.33. The van der Waals surface area contributed by atoms with E-state index in [4.69, 9.17) is 14.8 Å². The van der Waals surface area contributed by atoms with Gasteiger partial charge < -0.3 is 15.4 Å². The number of anilines is 2. The van der Waals surface area contributed by atoms with Gasteiger partial charge in [0.1, 0.15) is 11.8 Å². The number of nitrogens with zero attached hydrogens (tertiary/aromatic N) is 3. The number of carbonyl (C=O) groups excluding carboxylic acids is 1. The maximum absolute atomic E-state index is 13.6. The third kappa shape index (κ3) is 4.99. The Hall–Kier alpha value is -4.04. The van der Waals surface area contributed by atoms with Crippen LogP contribution in [0.25, 0.3) is 0 Å². The lowest BCUT2D eigenvalue weighted by molar-refractivity contribution is -0.113. The average molecular weight is 498 g/mol. The van der Waals surface area contributed by atoms with Crippen LogP contribution >= 0.6 is 11.8 Å². The molecule has 4 aromatic rings. The predicted octanol–water partition coefficient (Wildman–Crippen LogP) is 5.82. The first-order valence-electron chi connectivity index (χ1n) is 11.6. The number of nitrogens with one attached hydrogen (secondary N) is 2. The summed E-state index contributed by atoms with van der Waals surface area (Å²) >= 11 is 1.57. The van der Waals surface area contributed by atoms with E-state index < -0.39 is 6.04 Å². The number of hydrogen-bond acceptors (Lipinski definition) is 6. The molecule has 0 radical (unpaired) electrons. The molecule has 3 aromatic carbocycles. The van der Waals surface area contributed by atoms with Crippen LogP contribution in [0.3, 0.4) is 0 Å². The summed E-state index contributed by atoms with van der Waals surface area (Å²) in [6.45, 7) is 3.95. The molecule has 7 nitrogen and oxygen atoms in total. The van der Waals surface area contributed by atoms with Gasteiger partial charge in [-0.15, -0.1) is 5.10 Å². The molecule has 0 spiro atoms. The maximum atomic E-state index is 13.6. The maximum Gasteiger partial charge on any atom is 0.255 e. The molecule has 8 heteroatoms. The van der Waals surface area contributed by atoms with Crippen molar-refractivity contribution in [2.75, 3.05) is 17.7 Å². The highest BCUT2D eigenvalue weighted by atomic mass is 32.2. The predicted molar refractivity (Wildman–Crippen MR) is 143 cm³/mol. The summed E-state index contributed by atoms with van der Waals surface area (Å²) in [6.07, 6.45) is 0. The van der Waals surface area contributed by atoms with Crippen LogP contribution in [0, 0.1) is 6.92 Å². The Morgan fingerprint density at radius 1 is 1.03 bits per heavy atom. The quantitative estimate of drug-likeness (QED) is 0.314. The van der Waals surface area contributed by atoms with E-state index in [-0.39, 0.29) is 5.91 Å². The highest BCUT2D eigenvalue weighted by Gasteiger charge is 2.34. The van der Waals surface area contributed by atoms with Gasteiger partial charge in [-0.2, -0.15) is 4.98 Å². The second kappa shape index (κ2) is 10.3. The molecule has 1 aliphatic heterocycles. The van der Waals surface area contributed by atoms with Crippen molar-refractivity contribution in [2.24, 2.45) is 0 Å². The van der Waals surface area contributed by atoms with Crippen LogP contribution in [0.2, 0.25) is 0 Å². The highest BCUT2D eigenvalue weighted by molar-refractivity contribution is 7.98. The number of fused-ring (bicyclic) bond motifs is 1. The summed E-state index contributed by atoms with van der Waals surface area (Å²) < 4.78 is 7.04. The molecule has 36 heavy (non-hydrogen) atoms. The van der Waals surface area contributed by atoms with Gasteiger partial charge in [-0.25, -0.2) is 4.68 Å². The van der Waals surface area contributed by atoms with Gasteiger partial charge in [-0.1, -0.05) is 71.9 Å². The molecule has 182 valence electrons. The van der Waals surface area contributed by atoms with Crippen LogP contribution in [0.15, 0.2) is 95.3 Å². The molecular formula is C28H27N5O2S. The number of hydrogen-bond donors (Lipinski definition) is 2. The molecule has 0 saturated carbocycles. The Balaban J connectivity index is 1.47. The van der Waals surface area contributed by atoms with Crippen LogP contribution in [-0.2, 0) is 10.5 Å². The van der Waals surface area contributed by atoms with E-state index in [0.29, 0.717) is 22.4 Å². The van der Waals surface area contributed by atoms with Crippen LogP contribution in [-0.4, -0.2) is 27.8 Å². The number of benzene rings is 3. The minimum atomic E-state index is -0.418. The van der Waals surface area contributed by atoms with Gasteiger partial charge in [0.25, 0.3) is 5.91 Å². The van der Waals surface area contributed by atoms with Gasteiger partial charge in [-0.05, 0) is 49.2 Å². The Kier molecular flexibility index (Phi) is 6.77. The summed E-state index contributed by atoms with van der Waals surface area (Å²) in [5.74, 6) is 1.91. The second-order valence-electron chi connectivity index (χ2n) is 8.60. The molecule has 0 unspecified atom stereocenters. The van der Waals surface area contributed by atoms with E-state index in [1.54, 1.807) is 18.9 Å². The first-order chi connectivity index (χ1) is 17.5. The minimum Gasteiger partial charge on any atom is -0.497 e. The second-order valence-corrected chi connectivity index (χ2v) is 9.54. The van der Waals surface area contributed by atoms with E-state index in [0.717, 1.165) is 28.3 Å². The molecule has 1 amide bonds. The fourth-order valence-corrected chi connectivity index (χ4v) is 4.92. The number of carbonyl (C=O) groups is 1. The molecule has 0 aliphatic carbocycles. The molecular weight excluding hydrogens is 470 g/mol. The van der Waals surface area contributed by atoms with Crippen molar-refractivity contribution in [3.05, 3.63) is 107 Å². The van der Waals surface area contributed by atoms with Gasteiger partial charge in [-0.3, -0.25) is 4.79 Å². The Bertz CT molecular complexity index is 1400. The van der Waals surface area contributed by atoms with Crippen molar-refractivity contribution in [1.29, 1.82) is 0 Å². The Morgan fingerprint density at radius 2 is 1.75 bits per heavy atom. The zero-order valence-corrected chi connectivity index (χ0v) is 21.2. The zero-order chi connectivity index (χ0) is 25.1. The number of rotatable bonds is 7. The Morgan fingerprint density at radius 3 is 2.44 bits per heavy atom. The van der Waals surface area contributed by atoms with E-state index in [1.807, 2.05) is 85.3 Å². The zero-order valence-electron chi connectivity index (χ0n) is 20.4. The first-order valence-corrected chi connectivity index (χ1v) is 12.6. The molecule has 0 fully saturated rings. The van der Waals surface area contributed by atoms with Crippen molar-refractivity contribution in [3.8, 4) is 5.75 Å². The van der Waals surface area contributed by atoms with Gasteiger partial charge in [0.2, 0.25) is 11.1 Å². The largest absolute Gasteiger partial charge is 0.497 e. The van der Waals surface area contributed by atoms with Crippen molar-refractivity contribution < 1.29 is 9.53 Å². The van der Waals surface area contributed by atoms with Gasteiger partial charge in [0.15, 0.2) is 0 Å². The highest BCUT2D eigenvalue weighted by Crippen LogP contribution is 2.37. The van der Waals surface area contributed by atoms with E-state index in [1.165, 1.54) is 5.56 Å². The summed E-state index contributed by atoms with van der Waals surface area (Å²) in [4.78, 5) is 18.3. The molecule has 0 bridgehead atoms. The number of aryl methyl sites for hydroxylation is 1. The SMILES string of the molecule is COc1ccc(NC(=O)C2=C(C)Nc3nc(SCc4ccccc4)nn3[C@H]2c2ccc(C)cc2)cc1. The van der Waals surface area contributed by atoms with E-state index in [2.05, 4.69) is 22.8 Å². The summed E-state index contributed by atoms with van der Waals surface area (Å²) in [6, 6.07) is 25.3. The number of aromatic nitrogens is 3. The molecule has 1 aliphatic rings. The molecule has 5 rings (SSSR count). The van der Waals surface area contributed by atoms with Gasteiger partial charge >= 0.3 is 0 Å². The lowest BCUT2D eigenvalue weighted by Gasteiger charge is -2.28. The van der Waals surface area contributed by atoms with E-state index in [9.17, 15) is 4.79 Å². The lowest BCUT2D eigenvalue weighted by Crippen LogP contribution is -2.31. The third-order valence-corrected chi connectivity index (χ3v) is 6.94. The fourth-order valence-electron chi connectivity index (χ4n) is 4.14. The Labute approximate surface area is 214 Å². The minimum absolute atomic E-state index is 0.199. The number of ether oxygens (including phenoxy) is 1. The van der Waals surface area contributed by atoms with Crippen molar-refractivity contribution in [3.63, 3.8) is 0 Å². The smallest absolute Gasteiger partial charge is 0.255 e. The molecule has 1 aromatic heterocycles. The van der Waals surface area contributed by atoms with Crippen molar-refractivity contribution in [1.82, 2.24) is 14.8 Å². The summed E-state index contributed by atoms with van der Waals surface area (Å²) in [5, 5.41) is 11.8. The number of methoxy groups -OCH3 is 1. The van der Waals surface area contributed by atoms with Crippen molar-refractivity contribution >= 4 is 29.3 Å². The lowest BCUT2D eigenvalue weighted by atomic mass is 9.94. The van der Waals surface area contributed by atoms with Gasteiger partial charge in [0.05, 0.1) is 12.7 Å². The van der Waals surface area contributed by atoms with Crippen LogP contribution < -0.4 is 15.4 Å². The van der Waals surface area contributed by atoms with Crippen LogP contribution in [0.4, 0.5) is 11.6 Å². The third-order valence-electron chi connectivity index (χ3n) is 6.03. The van der Waals surface area contributed by atoms with Crippen molar-refractivity contribution in [2.45, 2.75) is 30.8 Å². The molecule has 2 N–H and O–H groups in total. The number of allylic oxidation sites excluding steroid dienone is 1. The summed E-state index contributed by atoms with van der Waals surface area (Å²) in [7, 11) is 1.61. The number of amides is 1. The molecule has 0 saturated heterocycles. The van der Waals surface area contributed by atoms with Gasteiger partial charge in [0, 0.05) is 17.1 Å². The fraction of sp³-hybridized carbons (Fsp3) is 0.179. The number of thioether (sulfide) groups is 1. The first kappa shape index (κ1) is 23.7. The van der Waals surface area contributed by atoms with E-state index >= 15 is 0 Å². The average Bonchev–Trinajstić information content (AvgIpc) is 3.30.